The van der Waals surface area contributed by atoms with Gasteiger partial charge in [-0.25, -0.2) is 0 Å². The quantitative estimate of drug-likeness (QED) is 0.504. The number of rotatable bonds is 3. The van der Waals surface area contributed by atoms with Gasteiger partial charge in [-0.05, 0) is 18.2 Å². The molecular formula is C9H6Cl2N4S. The van der Waals surface area contributed by atoms with Crippen LogP contribution in [0.4, 0.5) is 5.69 Å². The van der Waals surface area contributed by atoms with E-state index in [-0.39, 0.29) is 10.7 Å². The average Bonchev–Trinajstić information content (AvgIpc) is 2.23. The fourth-order valence-corrected chi connectivity index (χ4v) is 1.21. The van der Waals surface area contributed by atoms with E-state index in [4.69, 9.17) is 34.2 Å². The van der Waals surface area contributed by atoms with Crippen LogP contribution >= 0.6 is 35.4 Å². The molecule has 82 valence electrons. The zero-order chi connectivity index (χ0) is 12.1. The monoisotopic (exact) mass is 272 g/mol. The van der Waals surface area contributed by atoms with Crippen molar-refractivity contribution in [2.75, 3.05) is 5.43 Å². The number of hydrazone groups is 1. The number of nitrogens with one attached hydrogen (secondary N) is 1. The lowest BCUT2D eigenvalue weighted by Gasteiger charge is -2.02. The molecule has 7 heteroatoms. The van der Waals surface area contributed by atoms with E-state index in [0.29, 0.717) is 15.7 Å². The maximum absolute atomic E-state index is 8.64. The predicted octanol–water partition coefficient (Wildman–Crippen LogP) is 2.57. The first-order valence-corrected chi connectivity index (χ1v) is 5.19. The average molecular weight is 273 g/mol. The molecule has 0 aromatic heterocycles. The van der Waals surface area contributed by atoms with Crippen molar-refractivity contribution >= 4 is 51.8 Å². The van der Waals surface area contributed by atoms with Crippen molar-refractivity contribution in [3.63, 3.8) is 0 Å². The molecule has 0 spiro atoms. The molecule has 1 rings (SSSR count). The van der Waals surface area contributed by atoms with Crippen LogP contribution in [0.2, 0.25) is 10.0 Å². The smallest absolute Gasteiger partial charge is 0.194 e. The van der Waals surface area contributed by atoms with Gasteiger partial charge in [-0.3, -0.25) is 5.43 Å². The highest BCUT2D eigenvalue weighted by molar-refractivity contribution is 7.82. The molecular weight excluding hydrogens is 267 g/mol. The maximum Gasteiger partial charge on any atom is 0.194 e. The Balaban J connectivity index is 2.86. The summed E-state index contributed by atoms with van der Waals surface area (Å²) in [5, 5.41) is 13.2. The van der Waals surface area contributed by atoms with Crippen LogP contribution in [0.25, 0.3) is 0 Å². The van der Waals surface area contributed by atoms with E-state index in [0.717, 1.165) is 0 Å². The summed E-state index contributed by atoms with van der Waals surface area (Å²) in [4.78, 5) is -0.0740. The van der Waals surface area contributed by atoms with Gasteiger partial charge in [0, 0.05) is 0 Å². The van der Waals surface area contributed by atoms with Crippen LogP contribution in [0.15, 0.2) is 23.3 Å². The van der Waals surface area contributed by atoms with E-state index in [2.05, 4.69) is 22.7 Å². The Morgan fingerprint density at radius 3 is 2.62 bits per heavy atom. The summed E-state index contributed by atoms with van der Waals surface area (Å²) in [6.07, 6.45) is 0. The molecule has 0 aliphatic carbocycles. The number of anilines is 1. The lowest BCUT2D eigenvalue weighted by Crippen LogP contribution is -2.20. The molecule has 0 aliphatic heterocycles. The molecule has 0 saturated heterocycles. The Bertz CT molecular complexity index is 493. The molecule has 0 heterocycles. The summed E-state index contributed by atoms with van der Waals surface area (Å²) in [7, 11) is 0. The zero-order valence-corrected chi connectivity index (χ0v) is 10.2. The second kappa shape index (κ2) is 5.66. The Morgan fingerprint density at radius 2 is 2.12 bits per heavy atom. The van der Waals surface area contributed by atoms with E-state index in [9.17, 15) is 0 Å². The van der Waals surface area contributed by atoms with Gasteiger partial charge in [-0.15, -0.1) is 0 Å². The SMILES string of the molecule is N#C/C(=N/Nc1ccc(Cl)c(Cl)c1)C(N)=S. The Labute approximate surface area is 108 Å². The second-order valence-electron chi connectivity index (χ2n) is 2.68. The molecule has 0 unspecified atom stereocenters. The summed E-state index contributed by atoms with van der Waals surface area (Å²) < 4.78 is 0. The van der Waals surface area contributed by atoms with Gasteiger partial charge in [0.15, 0.2) is 5.71 Å². The number of benzene rings is 1. The third-order valence-electron chi connectivity index (χ3n) is 1.56. The molecule has 16 heavy (non-hydrogen) atoms. The summed E-state index contributed by atoms with van der Waals surface area (Å²) in [6.45, 7) is 0. The standard InChI is InChI=1S/C9H6Cl2N4S/c10-6-2-1-5(3-7(6)11)14-15-8(4-12)9(13)16/h1-3,14H,(H2,13,16)/b15-8-. The first kappa shape index (κ1) is 12.7. The fourth-order valence-electron chi connectivity index (χ4n) is 0.821. The van der Waals surface area contributed by atoms with Crippen molar-refractivity contribution in [1.82, 2.24) is 0 Å². The highest BCUT2D eigenvalue weighted by Crippen LogP contribution is 2.24. The van der Waals surface area contributed by atoms with Crippen molar-refractivity contribution in [2.24, 2.45) is 10.8 Å². The number of thiocarbonyl (C=S) groups is 1. The van der Waals surface area contributed by atoms with E-state index >= 15 is 0 Å². The van der Waals surface area contributed by atoms with Crippen molar-refractivity contribution in [1.29, 1.82) is 5.26 Å². The number of hydrogen-bond donors (Lipinski definition) is 2. The van der Waals surface area contributed by atoms with E-state index in [1.54, 1.807) is 24.3 Å². The van der Waals surface area contributed by atoms with E-state index in [1.807, 2.05) is 0 Å². The van der Waals surface area contributed by atoms with E-state index < -0.39 is 0 Å². The van der Waals surface area contributed by atoms with Gasteiger partial charge < -0.3 is 5.73 Å². The number of halogens is 2. The normalized spacial score (nSPS) is 10.7. The number of nitrogens with zero attached hydrogens (tertiary/aromatic N) is 2. The number of nitrogens with two attached hydrogens (primary N) is 1. The van der Waals surface area contributed by atoms with Crippen LogP contribution in [0.3, 0.4) is 0 Å². The number of nitriles is 1. The highest BCUT2D eigenvalue weighted by atomic mass is 35.5. The maximum atomic E-state index is 8.64. The molecule has 0 fully saturated rings. The topological polar surface area (TPSA) is 74.2 Å². The van der Waals surface area contributed by atoms with Gasteiger partial charge in [-0.1, -0.05) is 35.4 Å². The molecule has 0 aliphatic rings. The van der Waals surface area contributed by atoms with Gasteiger partial charge in [0.05, 0.1) is 15.7 Å². The molecule has 0 saturated carbocycles. The summed E-state index contributed by atoms with van der Waals surface area (Å²) in [5.41, 5.74) is 8.38. The fraction of sp³-hybridized carbons (Fsp3) is 0. The highest BCUT2D eigenvalue weighted by Gasteiger charge is 2.02. The summed E-state index contributed by atoms with van der Waals surface area (Å²) >= 11 is 16.1. The molecule has 0 amide bonds. The lowest BCUT2D eigenvalue weighted by molar-refractivity contribution is 1.34. The van der Waals surface area contributed by atoms with Crippen LogP contribution in [-0.2, 0) is 0 Å². The molecule has 3 N–H and O–H groups in total. The number of hydrogen-bond acceptors (Lipinski definition) is 4. The summed E-state index contributed by atoms with van der Waals surface area (Å²) in [6, 6.07) is 6.60. The van der Waals surface area contributed by atoms with Crippen LogP contribution in [-0.4, -0.2) is 10.7 Å². The lowest BCUT2D eigenvalue weighted by atomic mass is 10.3. The van der Waals surface area contributed by atoms with Crippen LogP contribution < -0.4 is 11.2 Å². The zero-order valence-electron chi connectivity index (χ0n) is 7.87. The van der Waals surface area contributed by atoms with Crippen LogP contribution in [0.5, 0.6) is 0 Å². The predicted molar refractivity (Wildman–Crippen MR) is 69.9 cm³/mol. The van der Waals surface area contributed by atoms with Gasteiger partial charge in [0.2, 0.25) is 0 Å². The molecule has 4 nitrogen and oxygen atoms in total. The largest absolute Gasteiger partial charge is 0.387 e. The van der Waals surface area contributed by atoms with Gasteiger partial charge in [0.1, 0.15) is 11.1 Å². The Morgan fingerprint density at radius 1 is 1.44 bits per heavy atom. The van der Waals surface area contributed by atoms with Crippen molar-refractivity contribution in [3.05, 3.63) is 28.2 Å². The molecule has 1 aromatic rings. The third-order valence-corrected chi connectivity index (χ3v) is 2.49. The minimum Gasteiger partial charge on any atom is -0.387 e. The Hall–Kier alpha value is -1.35. The minimum absolute atomic E-state index is 0.0546. The molecule has 1 aromatic carbocycles. The van der Waals surface area contributed by atoms with Crippen molar-refractivity contribution in [3.8, 4) is 6.07 Å². The van der Waals surface area contributed by atoms with Crippen LogP contribution in [0.1, 0.15) is 0 Å². The summed E-state index contributed by atoms with van der Waals surface area (Å²) in [5.74, 6) is 0. The first-order chi connectivity index (χ1) is 7.54. The third kappa shape index (κ3) is 3.35. The minimum atomic E-state index is -0.0740. The molecule has 0 atom stereocenters. The molecule has 0 radical (unpaired) electrons. The van der Waals surface area contributed by atoms with Crippen LogP contribution in [0, 0.1) is 11.3 Å². The Kier molecular flexibility index (Phi) is 4.50. The van der Waals surface area contributed by atoms with Crippen molar-refractivity contribution in [2.45, 2.75) is 0 Å². The van der Waals surface area contributed by atoms with Gasteiger partial charge >= 0.3 is 0 Å². The van der Waals surface area contributed by atoms with Gasteiger partial charge in [0.25, 0.3) is 0 Å². The second-order valence-corrected chi connectivity index (χ2v) is 3.93. The molecule has 0 bridgehead atoms. The van der Waals surface area contributed by atoms with E-state index in [1.165, 1.54) is 0 Å². The van der Waals surface area contributed by atoms with Gasteiger partial charge in [-0.2, -0.15) is 10.4 Å². The first-order valence-electron chi connectivity index (χ1n) is 4.03. The van der Waals surface area contributed by atoms with Crippen molar-refractivity contribution < 1.29 is 0 Å².